The van der Waals surface area contributed by atoms with E-state index in [-0.39, 0.29) is 5.91 Å². The van der Waals surface area contributed by atoms with E-state index in [1.165, 1.54) is 0 Å². The summed E-state index contributed by atoms with van der Waals surface area (Å²) in [5, 5.41) is 6.48. The van der Waals surface area contributed by atoms with Crippen LogP contribution in [0.1, 0.15) is 43.5 Å². The van der Waals surface area contributed by atoms with Gasteiger partial charge in [0.2, 0.25) is 11.8 Å². The Morgan fingerprint density at radius 1 is 1.39 bits per heavy atom. The van der Waals surface area contributed by atoms with Crippen LogP contribution in [0.3, 0.4) is 0 Å². The van der Waals surface area contributed by atoms with Gasteiger partial charge in [0.15, 0.2) is 5.96 Å². The second-order valence-corrected chi connectivity index (χ2v) is 5.71. The van der Waals surface area contributed by atoms with Crippen molar-refractivity contribution < 1.29 is 9.21 Å². The van der Waals surface area contributed by atoms with Gasteiger partial charge in [0, 0.05) is 32.6 Å². The minimum absolute atomic E-state index is 0.278. The highest BCUT2D eigenvalue weighted by Gasteiger charge is 2.18. The lowest BCUT2D eigenvalue weighted by Crippen LogP contribution is -2.39. The Labute approximate surface area is 137 Å². The summed E-state index contributed by atoms with van der Waals surface area (Å²) in [5.74, 6) is 2.48. The van der Waals surface area contributed by atoms with Gasteiger partial charge in [-0.2, -0.15) is 0 Å². The second kappa shape index (κ2) is 8.55. The predicted molar refractivity (Wildman–Crippen MR) is 89.2 cm³/mol. The molecule has 1 aromatic heterocycles. The molecule has 0 aromatic carbocycles. The highest BCUT2D eigenvalue weighted by molar-refractivity contribution is 5.79. The fourth-order valence-corrected chi connectivity index (χ4v) is 2.51. The molecule has 0 atom stereocenters. The van der Waals surface area contributed by atoms with Crippen molar-refractivity contribution in [3.63, 3.8) is 0 Å². The molecule has 2 N–H and O–H groups in total. The lowest BCUT2D eigenvalue weighted by molar-refractivity contribution is -0.127. The van der Waals surface area contributed by atoms with Crippen LogP contribution in [0.4, 0.5) is 0 Å². The quantitative estimate of drug-likeness (QED) is 0.450. The highest BCUT2D eigenvalue weighted by atomic mass is 16.4. The Morgan fingerprint density at radius 3 is 2.83 bits per heavy atom. The number of likely N-dealkylation sites (tertiary alicyclic amines) is 1. The van der Waals surface area contributed by atoms with Crippen LogP contribution >= 0.6 is 0 Å². The molecule has 128 valence electrons. The van der Waals surface area contributed by atoms with Crippen LogP contribution in [0.2, 0.25) is 0 Å². The van der Waals surface area contributed by atoms with Gasteiger partial charge in [-0.05, 0) is 33.6 Å². The zero-order chi connectivity index (χ0) is 16.7. The lowest BCUT2D eigenvalue weighted by Gasteiger charge is -2.16. The Morgan fingerprint density at radius 2 is 2.22 bits per heavy atom. The maximum absolute atomic E-state index is 11.5. The molecule has 1 fully saturated rings. The number of hydrogen-bond donors (Lipinski definition) is 2. The number of carbonyl (C=O) groups is 1. The van der Waals surface area contributed by atoms with E-state index in [1.807, 2.05) is 25.7 Å². The van der Waals surface area contributed by atoms with Gasteiger partial charge in [0.25, 0.3) is 0 Å². The molecule has 7 heteroatoms. The van der Waals surface area contributed by atoms with Gasteiger partial charge in [-0.15, -0.1) is 0 Å². The monoisotopic (exact) mass is 321 g/mol. The minimum atomic E-state index is 0.278. The SMILES string of the molecule is CCNC(=NCc1nc(C)c(C)o1)NCCCN1CCCC1=O. The molecule has 1 saturated heterocycles. The van der Waals surface area contributed by atoms with Crippen molar-refractivity contribution in [2.45, 2.75) is 46.6 Å². The van der Waals surface area contributed by atoms with Crippen LogP contribution in [0.15, 0.2) is 9.41 Å². The first-order chi connectivity index (χ1) is 11.1. The van der Waals surface area contributed by atoms with E-state index in [0.717, 1.165) is 56.4 Å². The number of rotatable bonds is 7. The third-order valence-corrected chi connectivity index (χ3v) is 3.86. The topological polar surface area (TPSA) is 82.8 Å². The molecule has 1 aliphatic rings. The maximum atomic E-state index is 11.5. The molecule has 0 unspecified atom stereocenters. The molecular formula is C16H27N5O2. The molecule has 0 radical (unpaired) electrons. The maximum Gasteiger partial charge on any atom is 0.222 e. The van der Waals surface area contributed by atoms with Crippen molar-refractivity contribution in [3.8, 4) is 0 Å². The standard InChI is InChI=1S/C16H27N5O2/c1-4-17-16(19-11-14-20-12(2)13(3)23-14)18-8-6-10-21-9-5-7-15(21)22/h4-11H2,1-3H3,(H2,17,18,19). The fraction of sp³-hybridized carbons (Fsp3) is 0.688. The number of aromatic nitrogens is 1. The predicted octanol–water partition coefficient (Wildman–Crippen LogP) is 1.36. The number of nitrogens with zero attached hydrogens (tertiary/aromatic N) is 3. The molecule has 1 aliphatic heterocycles. The van der Waals surface area contributed by atoms with E-state index in [9.17, 15) is 4.79 Å². The van der Waals surface area contributed by atoms with Crippen LogP contribution in [0.5, 0.6) is 0 Å². The number of hydrogen-bond acceptors (Lipinski definition) is 4. The Bertz CT molecular complexity index is 533. The summed E-state index contributed by atoms with van der Waals surface area (Å²) in [6.45, 7) is 9.54. The molecule has 2 heterocycles. The summed E-state index contributed by atoms with van der Waals surface area (Å²) < 4.78 is 5.53. The molecular weight excluding hydrogens is 294 g/mol. The summed E-state index contributed by atoms with van der Waals surface area (Å²) in [7, 11) is 0. The molecule has 1 aromatic rings. The first-order valence-electron chi connectivity index (χ1n) is 8.33. The van der Waals surface area contributed by atoms with Gasteiger partial charge in [-0.3, -0.25) is 4.79 Å². The number of aliphatic imine (C=N–C) groups is 1. The van der Waals surface area contributed by atoms with E-state index in [2.05, 4.69) is 20.6 Å². The van der Waals surface area contributed by atoms with Crippen LogP contribution < -0.4 is 10.6 Å². The van der Waals surface area contributed by atoms with Crippen molar-refractivity contribution in [2.75, 3.05) is 26.2 Å². The summed E-state index contributed by atoms with van der Waals surface area (Å²) >= 11 is 0. The van der Waals surface area contributed by atoms with Crippen LogP contribution in [-0.4, -0.2) is 47.9 Å². The number of guanidine groups is 1. The molecule has 0 bridgehead atoms. The van der Waals surface area contributed by atoms with Crippen molar-refractivity contribution in [2.24, 2.45) is 4.99 Å². The zero-order valence-corrected chi connectivity index (χ0v) is 14.3. The molecule has 2 rings (SSSR count). The first-order valence-corrected chi connectivity index (χ1v) is 8.33. The van der Waals surface area contributed by atoms with E-state index in [4.69, 9.17) is 4.42 Å². The van der Waals surface area contributed by atoms with Gasteiger partial charge in [0.1, 0.15) is 12.3 Å². The average molecular weight is 321 g/mol. The van der Waals surface area contributed by atoms with E-state index in [1.54, 1.807) is 0 Å². The van der Waals surface area contributed by atoms with Crippen molar-refractivity contribution in [1.82, 2.24) is 20.5 Å². The molecule has 0 spiro atoms. The van der Waals surface area contributed by atoms with Gasteiger partial charge in [-0.25, -0.2) is 9.98 Å². The molecule has 7 nitrogen and oxygen atoms in total. The largest absolute Gasteiger partial charge is 0.444 e. The van der Waals surface area contributed by atoms with Gasteiger partial charge < -0.3 is 20.0 Å². The van der Waals surface area contributed by atoms with Gasteiger partial charge >= 0.3 is 0 Å². The van der Waals surface area contributed by atoms with Crippen molar-refractivity contribution >= 4 is 11.9 Å². The number of oxazole rings is 1. The number of amides is 1. The third kappa shape index (κ3) is 5.26. The highest BCUT2D eigenvalue weighted by Crippen LogP contribution is 2.10. The number of nitrogens with one attached hydrogen (secondary N) is 2. The summed E-state index contributed by atoms with van der Waals surface area (Å²) in [4.78, 5) is 22.3. The first kappa shape index (κ1) is 17.3. The number of aryl methyl sites for hydroxylation is 2. The van der Waals surface area contributed by atoms with Gasteiger partial charge in [0.05, 0.1) is 5.69 Å². The third-order valence-electron chi connectivity index (χ3n) is 3.86. The summed E-state index contributed by atoms with van der Waals surface area (Å²) in [5.41, 5.74) is 0.906. The Hall–Kier alpha value is -2.05. The molecule has 0 aliphatic carbocycles. The fourth-order valence-electron chi connectivity index (χ4n) is 2.51. The lowest BCUT2D eigenvalue weighted by atomic mass is 10.4. The molecule has 0 saturated carbocycles. The second-order valence-electron chi connectivity index (χ2n) is 5.71. The van der Waals surface area contributed by atoms with Crippen LogP contribution in [0.25, 0.3) is 0 Å². The van der Waals surface area contributed by atoms with Crippen molar-refractivity contribution in [3.05, 3.63) is 17.3 Å². The van der Waals surface area contributed by atoms with Crippen molar-refractivity contribution in [1.29, 1.82) is 0 Å². The normalized spacial score (nSPS) is 15.3. The Balaban J connectivity index is 1.76. The minimum Gasteiger partial charge on any atom is -0.444 e. The molecule has 1 amide bonds. The Kier molecular flexibility index (Phi) is 6.43. The summed E-state index contributed by atoms with van der Waals surface area (Å²) in [6.07, 6.45) is 2.60. The van der Waals surface area contributed by atoms with Gasteiger partial charge in [-0.1, -0.05) is 0 Å². The van der Waals surface area contributed by atoms with Crippen LogP contribution in [0, 0.1) is 13.8 Å². The van der Waals surface area contributed by atoms with Crippen LogP contribution in [-0.2, 0) is 11.3 Å². The van der Waals surface area contributed by atoms with E-state index in [0.29, 0.717) is 18.9 Å². The number of carbonyl (C=O) groups excluding carboxylic acids is 1. The molecule has 23 heavy (non-hydrogen) atoms. The smallest absolute Gasteiger partial charge is 0.222 e. The van der Waals surface area contributed by atoms with E-state index < -0.39 is 0 Å². The van der Waals surface area contributed by atoms with E-state index >= 15 is 0 Å². The summed E-state index contributed by atoms with van der Waals surface area (Å²) in [6, 6.07) is 0. The average Bonchev–Trinajstić information content (AvgIpc) is 3.07. The zero-order valence-electron chi connectivity index (χ0n) is 14.3.